The van der Waals surface area contributed by atoms with Gasteiger partial charge in [0.1, 0.15) is 0 Å². The second-order valence-corrected chi connectivity index (χ2v) is 6.11. The van der Waals surface area contributed by atoms with Gasteiger partial charge < -0.3 is 15.0 Å². The minimum atomic E-state index is -4.37. The Balaban J connectivity index is 0.00000338. The van der Waals surface area contributed by atoms with Crippen molar-refractivity contribution in [3.05, 3.63) is 35.4 Å². The van der Waals surface area contributed by atoms with Gasteiger partial charge in [0.2, 0.25) is 0 Å². The van der Waals surface area contributed by atoms with Gasteiger partial charge in [-0.25, -0.2) is 0 Å². The molecule has 0 radical (unpaired) electrons. The molecule has 146 valence electrons. The van der Waals surface area contributed by atoms with Gasteiger partial charge in [0.25, 0.3) is 0 Å². The van der Waals surface area contributed by atoms with Crippen LogP contribution in [0, 0.1) is 11.8 Å². The number of alkyl halides is 3. The maximum Gasteiger partial charge on any atom is 0.416 e. The fourth-order valence-corrected chi connectivity index (χ4v) is 2.97. The number of hydrogen-bond acceptors (Lipinski definition) is 3. The summed E-state index contributed by atoms with van der Waals surface area (Å²) in [5.74, 6) is 0.163. The summed E-state index contributed by atoms with van der Waals surface area (Å²) in [6.45, 7) is 3.27. The first-order valence-corrected chi connectivity index (χ1v) is 7.95. The van der Waals surface area contributed by atoms with Crippen LogP contribution in [-0.4, -0.2) is 44.1 Å². The van der Waals surface area contributed by atoms with Crippen molar-refractivity contribution in [3.8, 4) is 0 Å². The van der Waals surface area contributed by atoms with Crippen LogP contribution in [0.25, 0.3) is 0 Å². The topological polar surface area (TPSA) is 53.9 Å². The molecule has 1 aromatic rings. The van der Waals surface area contributed by atoms with Gasteiger partial charge in [-0.2, -0.15) is 13.2 Å². The zero-order valence-corrected chi connectivity index (χ0v) is 17.2. The summed E-state index contributed by atoms with van der Waals surface area (Å²) in [7, 11) is 2.96. The molecule has 1 saturated heterocycles. The third-order valence-electron chi connectivity index (χ3n) is 4.33. The number of hydrogen-bond donors (Lipinski definition) is 1. The van der Waals surface area contributed by atoms with Crippen LogP contribution in [0.3, 0.4) is 0 Å². The summed E-state index contributed by atoms with van der Waals surface area (Å²) < 4.78 is 43.1. The molecule has 26 heavy (non-hydrogen) atoms. The van der Waals surface area contributed by atoms with E-state index in [2.05, 4.69) is 10.3 Å². The van der Waals surface area contributed by atoms with Crippen molar-refractivity contribution < 1.29 is 22.7 Å². The Hall–Kier alpha value is -1.52. The summed E-state index contributed by atoms with van der Waals surface area (Å²) in [4.78, 5) is 17.9. The molecule has 1 aliphatic rings. The Morgan fingerprint density at radius 2 is 2.08 bits per heavy atom. The second kappa shape index (κ2) is 9.43. The van der Waals surface area contributed by atoms with Crippen LogP contribution in [-0.2, 0) is 22.3 Å². The molecule has 0 aromatic heterocycles. The molecule has 0 saturated carbocycles. The van der Waals surface area contributed by atoms with Crippen molar-refractivity contribution in [1.82, 2.24) is 10.2 Å². The number of nitrogens with one attached hydrogen (secondary N) is 1. The summed E-state index contributed by atoms with van der Waals surface area (Å²) in [6.07, 6.45) is -4.37. The van der Waals surface area contributed by atoms with Gasteiger partial charge in [0.15, 0.2) is 5.96 Å². The molecule has 1 N–H and O–H groups in total. The van der Waals surface area contributed by atoms with E-state index < -0.39 is 11.7 Å². The third-order valence-corrected chi connectivity index (χ3v) is 4.33. The molecular formula is C17H23F3IN3O2. The molecule has 2 rings (SSSR count). The highest BCUT2D eigenvalue weighted by Gasteiger charge is 2.37. The maximum absolute atomic E-state index is 12.8. The van der Waals surface area contributed by atoms with Crippen molar-refractivity contribution in [3.63, 3.8) is 0 Å². The number of methoxy groups -OCH3 is 1. The summed E-state index contributed by atoms with van der Waals surface area (Å²) in [5, 5.41) is 3.06. The van der Waals surface area contributed by atoms with E-state index in [1.54, 1.807) is 13.1 Å². The number of aliphatic imine (C=N–C) groups is 1. The van der Waals surface area contributed by atoms with Crippen LogP contribution < -0.4 is 5.32 Å². The Kier molecular flexibility index (Phi) is 8.16. The molecule has 1 aliphatic heterocycles. The van der Waals surface area contributed by atoms with Crippen LogP contribution in [0.5, 0.6) is 0 Å². The van der Waals surface area contributed by atoms with E-state index in [0.717, 1.165) is 12.1 Å². The van der Waals surface area contributed by atoms with Crippen molar-refractivity contribution in [2.45, 2.75) is 19.6 Å². The average molecular weight is 485 g/mol. The van der Waals surface area contributed by atoms with E-state index in [1.807, 2.05) is 11.8 Å². The normalized spacial score (nSPS) is 20.5. The molecule has 9 heteroatoms. The Morgan fingerprint density at radius 1 is 1.38 bits per heavy atom. The number of benzene rings is 1. The van der Waals surface area contributed by atoms with Crippen LogP contribution in [0.2, 0.25) is 0 Å². The van der Waals surface area contributed by atoms with E-state index in [4.69, 9.17) is 4.74 Å². The van der Waals surface area contributed by atoms with Crippen molar-refractivity contribution in [2.24, 2.45) is 16.8 Å². The lowest BCUT2D eigenvalue weighted by Gasteiger charge is -2.21. The highest BCUT2D eigenvalue weighted by atomic mass is 127. The molecule has 1 heterocycles. The van der Waals surface area contributed by atoms with E-state index in [9.17, 15) is 18.0 Å². The Morgan fingerprint density at radius 3 is 2.65 bits per heavy atom. The third kappa shape index (κ3) is 5.49. The summed E-state index contributed by atoms with van der Waals surface area (Å²) in [6, 6.07) is 5.17. The molecule has 1 aromatic carbocycles. The predicted octanol–water partition coefficient (Wildman–Crippen LogP) is 3.14. The van der Waals surface area contributed by atoms with Crippen LogP contribution in [0.1, 0.15) is 18.1 Å². The Bertz CT molecular complexity index is 652. The first-order valence-electron chi connectivity index (χ1n) is 7.95. The molecule has 5 nitrogen and oxygen atoms in total. The highest BCUT2D eigenvalue weighted by Crippen LogP contribution is 2.29. The minimum absolute atomic E-state index is 0. The number of halogens is 4. The summed E-state index contributed by atoms with van der Waals surface area (Å²) >= 11 is 0. The predicted molar refractivity (Wildman–Crippen MR) is 103 cm³/mol. The van der Waals surface area contributed by atoms with Gasteiger partial charge in [-0.3, -0.25) is 9.79 Å². The molecule has 0 bridgehead atoms. The van der Waals surface area contributed by atoms with Crippen molar-refractivity contribution in [2.75, 3.05) is 27.2 Å². The number of rotatable bonds is 3. The number of likely N-dealkylation sites (tertiary alicyclic amines) is 1. The SMILES string of the molecule is CN=C(NCc1cccc(C(F)(F)F)c1)N1CC(C)C(C(=O)OC)C1.I. The molecular weight excluding hydrogens is 462 g/mol. The zero-order chi connectivity index (χ0) is 18.6. The number of esters is 1. The highest BCUT2D eigenvalue weighted by molar-refractivity contribution is 14.0. The van der Waals surface area contributed by atoms with Gasteiger partial charge >= 0.3 is 12.1 Å². The lowest BCUT2D eigenvalue weighted by atomic mass is 9.99. The monoisotopic (exact) mass is 485 g/mol. The van der Waals surface area contributed by atoms with Crippen molar-refractivity contribution >= 4 is 35.9 Å². The largest absolute Gasteiger partial charge is 0.469 e. The lowest BCUT2D eigenvalue weighted by Crippen LogP contribution is -2.40. The van der Waals surface area contributed by atoms with Gasteiger partial charge in [0.05, 0.1) is 18.6 Å². The number of guanidine groups is 1. The molecule has 1 fully saturated rings. The fraction of sp³-hybridized carbons (Fsp3) is 0.529. The quantitative estimate of drug-likeness (QED) is 0.310. The van der Waals surface area contributed by atoms with Gasteiger partial charge in [-0.05, 0) is 23.6 Å². The Labute approximate surface area is 168 Å². The standard InChI is InChI=1S/C17H22F3N3O2.HI/c1-11-9-23(10-14(11)15(24)25-3)16(21-2)22-8-12-5-4-6-13(7-12)17(18,19)20;/h4-7,11,14H,8-10H2,1-3H3,(H,21,22);1H. The van der Waals surface area contributed by atoms with Crippen LogP contribution in [0.4, 0.5) is 13.2 Å². The number of carbonyl (C=O) groups excluding carboxylic acids is 1. The maximum atomic E-state index is 12.8. The average Bonchev–Trinajstić information content (AvgIpc) is 2.96. The second-order valence-electron chi connectivity index (χ2n) is 6.11. The van der Waals surface area contributed by atoms with Gasteiger partial charge in [-0.15, -0.1) is 24.0 Å². The van der Waals surface area contributed by atoms with Gasteiger partial charge in [0, 0.05) is 26.7 Å². The van der Waals surface area contributed by atoms with Crippen LogP contribution in [0.15, 0.2) is 29.3 Å². The molecule has 2 atom stereocenters. The number of ether oxygens (including phenoxy) is 1. The van der Waals surface area contributed by atoms with E-state index >= 15 is 0 Å². The first-order chi connectivity index (χ1) is 11.8. The summed E-state index contributed by atoms with van der Waals surface area (Å²) in [5.41, 5.74) is -0.171. The zero-order valence-electron chi connectivity index (χ0n) is 14.8. The lowest BCUT2D eigenvalue weighted by molar-refractivity contribution is -0.146. The smallest absolute Gasteiger partial charge is 0.416 e. The van der Waals surface area contributed by atoms with E-state index in [-0.39, 0.29) is 48.3 Å². The molecule has 0 aliphatic carbocycles. The fourth-order valence-electron chi connectivity index (χ4n) is 2.97. The van der Waals surface area contributed by atoms with E-state index in [1.165, 1.54) is 13.2 Å². The molecule has 2 unspecified atom stereocenters. The molecule has 0 amide bonds. The minimum Gasteiger partial charge on any atom is -0.469 e. The van der Waals surface area contributed by atoms with Crippen LogP contribution >= 0.6 is 24.0 Å². The van der Waals surface area contributed by atoms with Gasteiger partial charge in [-0.1, -0.05) is 19.1 Å². The molecule has 0 spiro atoms. The van der Waals surface area contributed by atoms with E-state index in [0.29, 0.717) is 24.6 Å². The van der Waals surface area contributed by atoms with Crippen molar-refractivity contribution in [1.29, 1.82) is 0 Å². The number of nitrogens with zero attached hydrogens (tertiary/aromatic N) is 2. The number of carbonyl (C=O) groups is 1. The first kappa shape index (κ1) is 22.5.